The summed E-state index contributed by atoms with van der Waals surface area (Å²) in [5, 5.41) is 3.27. The van der Waals surface area contributed by atoms with Gasteiger partial charge in [-0.25, -0.2) is 9.97 Å². The normalized spacial score (nSPS) is 12.1. The Kier molecular flexibility index (Phi) is 3.00. The number of rotatable bonds is 3. The van der Waals surface area contributed by atoms with E-state index in [1.54, 1.807) is 6.07 Å². The maximum Gasteiger partial charge on any atom is 0.131 e. The van der Waals surface area contributed by atoms with Gasteiger partial charge in [-0.2, -0.15) is 0 Å². The number of nitrogens with two attached hydrogens (primary N) is 1. The molecule has 0 fully saturated rings. The lowest BCUT2D eigenvalue weighted by Crippen LogP contribution is -2.08. The van der Waals surface area contributed by atoms with Gasteiger partial charge >= 0.3 is 0 Å². The van der Waals surface area contributed by atoms with Crippen molar-refractivity contribution in [3.05, 3.63) is 48.3 Å². The third-order valence-corrected chi connectivity index (χ3v) is 2.35. The van der Waals surface area contributed by atoms with Gasteiger partial charge in [0, 0.05) is 12.1 Å². The molecule has 0 spiro atoms. The molecular weight excluding hydrogens is 200 g/mol. The quantitative estimate of drug-likeness (QED) is 0.822. The first-order valence-electron chi connectivity index (χ1n) is 5.15. The Labute approximate surface area is 94.5 Å². The average molecular weight is 214 g/mol. The fourth-order valence-electron chi connectivity index (χ4n) is 1.50. The van der Waals surface area contributed by atoms with E-state index >= 15 is 0 Å². The van der Waals surface area contributed by atoms with Crippen LogP contribution < -0.4 is 11.1 Å². The highest BCUT2D eigenvalue weighted by molar-refractivity contribution is 5.45. The van der Waals surface area contributed by atoms with Crippen LogP contribution in [0.3, 0.4) is 0 Å². The number of nitrogens with zero attached hydrogens (tertiary/aromatic N) is 2. The summed E-state index contributed by atoms with van der Waals surface area (Å²) in [7, 11) is 0. The third-order valence-electron chi connectivity index (χ3n) is 2.35. The van der Waals surface area contributed by atoms with Gasteiger partial charge in [0.2, 0.25) is 0 Å². The fraction of sp³-hybridized carbons (Fsp3) is 0.167. The zero-order chi connectivity index (χ0) is 11.4. The minimum absolute atomic E-state index is 0.190. The van der Waals surface area contributed by atoms with Crippen LogP contribution in [0.1, 0.15) is 18.5 Å². The van der Waals surface area contributed by atoms with Gasteiger partial charge in [0.25, 0.3) is 0 Å². The van der Waals surface area contributed by atoms with E-state index in [9.17, 15) is 0 Å². The molecule has 82 valence electrons. The summed E-state index contributed by atoms with van der Waals surface area (Å²) in [4.78, 5) is 7.95. The van der Waals surface area contributed by atoms with Gasteiger partial charge in [0.05, 0.1) is 0 Å². The molecule has 0 bridgehead atoms. The maximum atomic E-state index is 5.58. The van der Waals surface area contributed by atoms with Crippen molar-refractivity contribution >= 4 is 11.6 Å². The monoisotopic (exact) mass is 214 g/mol. The number of aromatic nitrogens is 2. The summed E-state index contributed by atoms with van der Waals surface area (Å²) >= 11 is 0. The molecule has 2 aromatic rings. The Balaban J connectivity index is 2.11. The van der Waals surface area contributed by atoms with E-state index in [4.69, 9.17) is 5.73 Å². The minimum atomic E-state index is 0.190. The van der Waals surface area contributed by atoms with Crippen LogP contribution in [0.5, 0.6) is 0 Å². The van der Waals surface area contributed by atoms with E-state index in [0.717, 1.165) is 5.82 Å². The number of anilines is 2. The van der Waals surface area contributed by atoms with E-state index in [1.165, 1.54) is 11.9 Å². The van der Waals surface area contributed by atoms with Crippen molar-refractivity contribution in [3.8, 4) is 0 Å². The molecule has 1 aromatic heterocycles. The van der Waals surface area contributed by atoms with Crippen LogP contribution in [-0.4, -0.2) is 9.97 Å². The standard InChI is InChI=1S/C12H14N4/c1-9(10-5-3-2-4-6-10)16-12-7-11(13)14-8-15-12/h2-9H,1H3,(H3,13,14,15,16)/t9-/m0/s1. The van der Waals surface area contributed by atoms with Gasteiger partial charge < -0.3 is 11.1 Å². The number of hydrogen-bond acceptors (Lipinski definition) is 4. The zero-order valence-electron chi connectivity index (χ0n) is 9.09. The average Bonchev–Trinajstić information content (AvgIpc) is 2.30. The lowest BCUT2D eigenvalue weighted by Gasteiger charge is -2.14. The lowest BCUT2D eigenvalue weighted by atomic mass is 10.1. The van der Waals surface area contributed by atoms with Crippen LogP contribution in [0.25, 0.3) is 0 Å². The van der Waals surface area contributed by atoms with Crippen molar-refractivity contribution in [1.82, 2.24) is 9.97 Å². The number of nitrogens with one attached hydrogen (secondary N) is 1. The largest absolute Gasteiger partial charge is 0.384 e. The Morgan fingerprint density at radius 2 is 1.94 bits per heavy atom. The van der Waals surface area contributed by atoms with Gasteiger partial charge in [-0.05, 0) is 12.5 Å². The summed E-state index contributed by atoms with van der Waals surface area (Å²) in [6, 6.07) is 12.1. The van der Waals surface area contributed by atoms with Gasteiger partial charge in [0.1, 0.15) is 18.0 Å². The van der Waals surface area contributed by atoms with Crippen LogP contribution in [0.15, 0.2) is 42.7 Å². The Morgan fingerprint density at radius 1 is 1.19 bits per heavy atom. The second-order valence-corrected chi connectivity index (χ2v) is 3.60. The third kappa shape index (κ3) is 2.48. The molecule has 0 unspecified atom stereocenters. The Morgan fingerprint density at radius 3 is 2.62 bits per heavy atom. The molecule has 1 heterocycles. The molecule has 4 heteroatoms. The van der Waals surface area contributed by atoms with Gasteiger partial charge in [-0.3, -0.25) is 0 Å². The van der Waals surface area contributed by atoms with Crippen molar-refractivity contribution < 1.29 is 0 Å². The second kappa shape index (κ2) is 4.61. The fourth-order valence-corrected chi connectivity index (χ4v) is 1.50. The topological polar surface area (TPSA) is 63.8 Å². The molecule has 0 saturated heterocycles. The van der Waals surface area contributed by atoms with Crippen molar-refractivity contribution in [2.45, 2.75) is 13.0 Å². The van der Waals surface area contributed by atoms with E-state index < -0.39 is 0 Å². The van der Waals surface area contributed by atoms with E-state index in [2.05, 4.69) is 34.3 Å². The molecule has 0 amide bonds. The predicted molar refractivity (Wildman–Crippen MR) is 64.9 cm³/mol. The molecule has 0 radical (unpaired) electrons. The second-order valence-electron chi connectivity index (χ2n) is 3.60. The van der Waals surface area contributed by atoms with Crippen LogP contribution in [-0.2, 0) is 0 Å². The first-order chi connectivity index (χ1) is 7.75. The molecule has 4 nitrogen and oxygen atoms in total. The first-order valence-corrected chi connectivity index (χ1v) is 5.15. The van der Waals surface area contributed by atoms with Gasteiger partial charge in [-0.1, -0.05) is 30.3 Å². The zero-order valence-corrected chi connectivity index (χ0v) is 9.09. The molecule has 0 aliphatic heterocycles. The van der Waals surface area contributed by atoms with Crippen LogP contribution in [0.4, 0.5) is 11.6 Å². The molecule has 0 aliphatic carbocycles. The maximum absolute atomic E-state index is 5.58. The Bertz CT molecular complexity index is 456. The van der Waals surface area contributed by atoms with Gasteiger partial charge in [0.15, 0.2) is 0 Å². The molecule has 0 saturated carbocycles. The number of nitrogen functional groups attached to an aromatic ring is 1. The van der Waals surface area contributed by atoms with Crippen molar-refractivity contribution in [3.63, 3.8) is 0 Å². The number of benzene rings is 1. The summed E-state index contributed by atoms with van der Waals surface area (Å²) in [5.74, 6) is 1.21. The van der Waals surface area contributed by atoms with Crippen molar-refractivity contribution in [2.75, 3.05) is 11.1 Å². The van der Waals surface area contributed by atoms with Crippen molar-refractivity contribution in [1.29, 1.82) is 0 Å². The lowest BCUT2D eigenvalue weighted by molar-refractivity contribution is 0.872. The van der Waals surface area contributed by atoms with Crippen LogP contribution >= 0.6 is 0 Å². The molecule has 16 heavy (non-hydrogen) atoms. The first kappa shape index (κ1) is 10.4. The predicted octanol–water partition coefficient (Wildman–Crippen LogP) is 2.23. The summed E-state index contributed by atoms with van der Waals surface area (Å²) in [6.07, 6.45) is 1.45. The smallest absolute Gasteiger partial charge is 0.131 e. The van der Waals surface area contributed by atoms with E-state index in [1.807, 2.05) is 18.2 Å². The summed E-state index contributed by atoms with van der Waals surface area (Å²) in [5.41, 5.74) is 6.79. The molecule has 2 rings (SSSR count). The van der Waals surface area contributed by atoms with Crippen molar-refractivity contribution in [2.24, 2.45) is 0 Å². The molecule has 1 aromatic carbocycles. The summed E-state index contributed by atoms with van der Waals surface area (Å²) in [6.45, 7) is 2.08. The summed E-state index contributed by atoms with van der Waals surface area (Å²) < 4.78 is 0. The minimum Gasteiger partial charge on any atom is -0.384 e. The van der Waals surface area contributed by atoms with Gasteiger partial charge in [-0.15, -0.1) is 0 Å². The number of hydrogen-bond donors (Lipinski definition) is 2. The van der Waals surface area contributed by atoms with E-state index in [0.29, 0.717) is 5.82 Å². The highest BCUT2D eigenvalue weighted by atomic mass is 15.0. The highest BCUT2D eigenvalue weighted by Crippen LogP contribution is 2.17. The molecule has 3 N–H and O–H groups in total. The molecule has 1 atom stereocenters. The van der Waals surface area contributed by atoms with Crippen LogP contribution in [0.2, 0.25) is 0 Å². The Hall–Kier alpha value is -2.10. The van der Waals surface area contributed by atoms with Crippen LogP contribution in [0, 0.1) is 0 Å². The SMILES string of the molecule is C[C@H](Nc1cc(N)ncn1)c1ccccc1. The molecular formula is C12H14N4. The molecule has 0 aliphatic rings. The highest BCUT2D eigenvalue weighted by Gasteiger charge is 2.05. The van der Waals surface area contributed by atoms with E-state index in [-0.39, 0.29) is 6.04 Å².